The first kappa shape index (κ1) is 13.7. The van der Waals surface area contributed by atoms with Crippen molar-refractivity contribution in [1.82, 2.24) is 9.71 Å². The van der Waals surface area contributed by atoms with E-state index in [1.807, 2.05) is 18.4 Å². The Morgan fingerprint density at radius 2 is 2.26 bits per heavy atom. The van der Waals surface area contributed by atoms with Crippen molar-refractivity contribution in [3.8, 4) is 6.07 Å². The summed E-state index contributed by atoms with van der Waals surface area (Å²) in [5, 5.41) is 11.5. The maximum absolute atomic E-state index is 12.0. The fraction of sp³-hybridized carbons (Fsp3) is 0.167. The summed E-state index contributed by atoms with van der Waals surface area (Å²) in [6, 6.07) is 7.81. The summed E-state index contributed by atoms with van der Waals surface area (Å²) in [6.07, 6.45) is 0. The molecule has 0 aliphatic carbocycles. The molecule has 2 aromatic rings. The van der Waals surface area contributed by atoms with Gasteiger partial charge in [0.25, 0.3) is 0 Å². The van der Waals surface area contributed by atoms with Crippen molar-refractivity contribution in [3.63, 3.8) is 0 Å². The minimum absolute atomic E-state index is 0.0819. The minimum atomic E-state index is -3.62. The van der Waals surface area contributed by atoms with Crippen molar-refractivity contribution in [2.75, 3.05) is 0 Å². The molecule has 0 fully saturated rings. The zero-order chi connectivity index (χ0) is 13.9. The van der Waals surface area contributed by atoms with Crippen LogP contribution in [0.15, 0.2) is 34.5 Å². The van der Waals surface area contributed by atoms with Gasteiger partial charge in [-0.1, -0.05) is 6.07 Å². The topological polar surface area (TPSA) is 82.8 Å². The van der Waals surface area contributed by atoms with Gasteiger partial charge in [0.1, 0.15) is 0 Å². The quantitative estimate of drug-likeness (QED) is 0.931. The highest BCUT2D eigenvalue weighted by molar-refractivity contribution is 7.89. The van der Waals surface area contributed by atoms with Crippen molar-refractivity contribution in [2.45, 2.75) is 18.4 Å². The second kappa shape index (κ2) is 5.48. The molecule has 1 aromatic carbocycles. The van der Waals surface area contributed by atoms with Crippen LogP contribution in [0.25, 0.3) is 0 Å². The summed E-state index contributed by atoms with van der Waals surface area (Å²) in [5.74, 6) is 0. The molecule has 1 aromatic heterocycles. The van der Waals surface area contributed by atoms with Crippen molar-refractivity contribution in [1.29, 1.82) is 5.26 Å². The normalized spacial score (nSPS) is 11.2. The zero-order valence-electron chi connectivity index (χ0n) is 10.1. The fourth-order valence-electron chi connectivity index (χ4n) is 1.47. The number of aromatic nitrogens is 1. The van der Waals surface area contributed by atoms with E-state index in [1.54, 1.807) is 12.1 Å². The minimum Gasteiger partial charge on any atom is -0.245 e. The summed E-state index contributed by atoms with van der Waals surface area (Å²) in [6.45, 7) is 2.00. The van der Waals surface area contributed by atoms with Gasteiger partial charge in [0.15, 0.2) is 0 Å². The number of benzene rings is 1. The number of aryl methyl sites for hydroxylation is 1. The van der Waals surface area contributed by atoms with Gasteiger partial charge in [-0.2, -0.15) is 5.26 Å². The van der Waals surface area contributed by atoms with E-state index in [4.69, 9.17) is 5.26 Å². The van der Waals surface area contributed by atoms with Gasteiger partial charge in [-0.25, -0.2) is 18.1 Å². The number of nitriles is 1. The molecule has 19 heavy (non-hydrogen) atoms. The number of thiazole rings is 1. The maximum Gasteiger partial charge on any atom is 0.240 e. The van der Waals surface area contributed by atoms with Crippen LogP contribution in [-0.4, -0.2) is 13.4 Å². The van der Waals surface area contributed by atoms with Gasteiger partial charge in [-0.05, 0) is 25.1 Å². The van der Waals surface area contributed by atoms with E-state index < -0.39 is 10.0 Å². The molecule has 0 bridgehead atoms. The number of nitrogens with zero attached hydrogens (tertiary/aromatic N) is 2. The summed E-state index contributed by atoms with van der Waals surface area (Å²) in [4.78, 5) is 4.26. The average molecular weight is 293 g/mol. The maximum atomic E-state index is 12.0. The Bertz CT molecular complexity index is 729. The van der Waals surface area contributed by atoms with Gasteiger partial charge in [0.05, 0.1) is 33.8 Å². The molecule has 98 valence electrons. The third kappa shape index (κ3) is 3.38. The molecule has 1 N–H and O–H groups in total. The Kier molecular flexibility index (Phi) is 3.95. The van der Waals surface area contributed by atoms with Crippen LogP contribution in [0.3, 0.4) is 0 Å². The van der Waals surface area contributed by atoms with Crippen LogP contribution in [0, 0.1) is 18.3 Å². The van der Waals surface area contributed by atoms with E-state index in [1.165, 1.54) is 23.5 Å². The van der Waals surface area contributed by atoms with Crippen LogP contribution < -0.4 is 4.72 Å². The van der Waals surface area contributed by atoms with Crippen LogP contribution in [-0.2, 0) is 16.6 Å². The number of hydrogen-bond acceptors (Lipinski definition) is 5. The third-order valence-corrected chi connectivity index (χ3v) is 4.60. The van der Waals surface area contributed by atoms with Gasteiger partial charge in [0.2, 0.25) is 10.0 Å². The highest BCUT2D eigenvalue weighted by Gasteiger charge is 2.14. The van der Waals surface area contributed by atoms with Gasteiger partial charge >= 0.3 is 0 Å². The molecule has 0 atom stereocenters. The highest BCUT2D eigenvalue weighted by atomic mass is 32.2. The Balaban J connectivity index is 2.16. The van der Waals surface area contributed by atoms with Crippen molar-refractivity contribution in [2.24, 2.45) is 0 Å². The Labute approximate surface area is 115 Å². The molecule has 0 amide bonds. The number of sulfonamides is 1. The molecule has 0 aliphatic heterocycles. The first-order valence-corrected chi connectivity index (χ1v) is 7.78. The second-order valence-electron chi connectivity index (χ2n) is 3.82. The van der Waals surface area contributed by atoms with E-state index in [9.17, 15) is 8.42 Å². The Morgan fingerprint density at radius 1 is 1.47 bits per heavy atom. The van der Waals surface area contributed by atoms with E-state index in [0.29, 0.717) is 11.3 Å². The summed E-state index contributed by atoms with van der Waals surface area (Å²) < 4.78 is 26.5. The molecular formula is C12H11N3O2S2. The highest BCUT2D eigenvalue weighted by Crippen LogP contribution is 2.12. The monoisotopic (exact) mass is 293 g/mol. The predicted octanol–water partition coefficient (Wildman–Crippen LogP) is 1.80. The number of nitrogens with one attached hydrogen (secondary N) is 1. The van der Waals surface area contributed by atoms with Crippen LogP contribution >= 0.6 is 11.3 Å². The van der Waals surface area contributed by atoms with Gasteiger partial charge in [-0.3, -0.25) is 0 Å². The van der Waals surface area contributed by atoms with Gasteiger partial charge < -0.3 is 0 Å². The van der Waals surface area contributed by atoms with Crippen molar-refractivity contribution < 1.29 is 8.42 Å². The molecule has 1 heterocycles. The van der Waals surface area contributed by atoms with Crippen LogP contribution in [0.4, 0.5) is 0 Å². The lowest BCUT2D eigenvalue weighted by molar-refractivity contribution is 0.580. The third-order valence-electron chi connectivity index (χ3n) is 2.38. The largest absolute Gasteiger partial charge is 0.245 e. The molecule has 0 spiro atoms. The Morgan fingerprint density at radius 3 is 2.89 bits per heavy atom. The smallest absolute Gasteiger partial charge is 0.240 e. The molecular weight excluding hydrogens is 282 g/mol. The molecule has 2 rings (SSSR count). The summed E-state index contributed by atoms with van der Waals surface area (Å²) in [5.41, 5.74) is 0.995. The lowest BCUT2D eigenvalue weighted by Gasteiger charge is -2.05. The van der Waals surface area contributed by atoms with Crippen LogP contribution in [0.2, 0.25) is 0 Å². The van der Waals surface area contributed by atoms with Crippen molar-refractivity contribution >= 4 is 21.4 Å². The van der Waals surface area contributed by atoms with E-state index >= 15 is 0 Å². The van der Waals surface area contributed by atoms with Gasteiger partial charge in [0, 0.05) is 5.38 Å². The second-order valence-corrected chi connectivity index (χ2v) is 6.65. The fourth-order valence-corrected chi connectivity index (χ4v) is 3.13. The molecule has 0 aliphatic rings. The predicted molar refractivity (Wildman–Crippen MR) is 72.0 cm³/mol. The molecule has 0 radical (unpaired) electrons. The zero-order valence-corrected chi connectivity index (χ0v) is 11.8. The van der Waals surface area contributed by atoms with E-state index in [2.05, 4.69) is 9.71 Å². The molecule has 0 saturated heterocycles. The van der Waals surface area contributed by atoms with Crippen molar-refractivity contribution in [3.05, 3.63) is 45.9 Å². The van der Waals surface area contributed by atoms with Gasteiger partial charge in [-0.15, -0.1) is 11.3 Å². The summed E-state index contributed by atoms with van der Waals surface area (Å²) in [7, 11) is -3.62. The van der Waals surface area contributed by atoms with Crippen LogP contribution in [0.1, 0.15) is 16.3 Å². The molecule has 0 saturated carbocycles. The van der Waals surface area contributed by atoms with Crippen LogP contribution in [0.5, 0.6) is 0 Å². The molecule has 0 unspecified atom stereocenters. The molecule has 5 nitrogen and oxygen atoms in total. The first-order chi connectivity index (χ1) is 9.01. The standard InChI is InChI=1S/C12H11N3O2S2/c1-9-15-11(8-18-9)7-14-19(16,17)12-4-2-3-10(5-12)6-13/h2-5,8,14H,7H2,1H3. The molecule has 7 heteroatoms. The van der Waals surface area contributed by atoms with E-state index in [0.717, 1.165) is 5.01 Å². The Hall–Kier alpha value is -1.75. The lowest BCUT2D eigenvalue weighted by Crippen LogP contribution is -2.23. The summed E-state index contributed by atoms with van der Waals surface area (Å²) >= 11 is 1.47. The van der Waals surface area contributed by atoms with E-state index in [-0.39, 0.29) is 11.4 Å². The first-order valence-electron chi connectivity index (χ1n) is 5.42. The number of rotatable bonds is 4. The lowest BCUT2D eigenvalue weighted by atomic mass is 10.2. The SMILES string of the molecule is Cc1nc(CNS(=O)(=O)c2cccc(C#N)c2)cs1. The number of hydrogen-bond donors (Lipinski definition) is 1. The average Bonchev–Trinajstić information content (AvgIpc) is 2.82.